The monoisotopic (exact) mass is 530 g/mol. The fourth-order valence-corrected chi connectivity index (χ4v) is 5.40. The molecule has 5 atom stereocenters. The second kappa shape index (κ2) is 10.9. The molecule has 1 aliphatic carbocycles. The van der Waals surface area contributed by atoms with Gasteiger partial charge in [-0.25, -0.2) is 18.2 Å². The van der Waals surface area contributed by atoms with Crippen LogP contribution in [0.5, 0.6) is 5.75 Å². The van der Waals surface area contributed by atoms with Gasteiger partial charge in [-0.05, 0) is 31.1 Å². The Morgan fingerprint density at radius 2 is 1.92 bits per heavy atom. The third-order valence-corrected chi connectivity index (χ3v) is 7.13. The van der Waals surface area contributed by atoms with E-state index in [0.29, 0.717) is 30.5 Å². The van der Waals surface area contributed by atoms with Crippen LogP contribution >= 0.6 is 11.6 Å². The van der Waals surface area contributed by atoms with Crippen LogP contribution < -0.4 is 15.5 Å². The molecule has 4 rings (SSSR count). The fraction of sp³-hybridized carbons (Fsp3) is 0.565. The Morgan fingerprint density at radius 3 is 2.56 bits per heavy atom. The minimum absolute atomic E-state index is 0.0445. The molecule has 2 aliphatic heterocycles. The standard InChI is InChI=1S/C23H26ClF3N4O5/c24-20(27)23(35)31(10-13-4-5-28-21(13)33)29-22(34)19-17-3-1-2-12(17)9-30(19)18(32)11-36-16-7-14(25)6-15(26)8-16/h6-8,12-13,17,19-20H,1-5,9-11H2,(H,28,33)(H,29,34)/t12-,13+,17-,19-,20+/m1/s1. The Bertz CT molecular complexity index is 1020. The van der Waals surface area contributed by atoms with Gasteiger partial charge in [-0.15, -0.1) is 0 Å². The molecule has 3 fully saturated rings. The summed E-state index contributed by atoms with van der Waals surface area (Å²) in [6, 6.07) is 1.56. The number of carbonyl (C=O) groups is 4. The van der Waals surface area contributed by atoms with E-state index < -0.39 is 53.6 Å². The Morgan fingerprint density at radius 1 is 1.19 bits per heavy atom. The second-order valence-corrected chi connectivity index (χ2v) is 9.62. The van der Waals surface area contributed by atoms with Crippen molar-refractivity contribution >= 4 is 35.2 Å². The van der Waals surface area contributed by atoms with Crippen molar-refractivity contribution in [2.45, 2.75) is 37.4 Å². The van der Waals surface area contributed by atoms with Crippen molar-refractivity contribution < 1.29 is 37.1 Å². The lowest BCUT2D eigenvalue weighted by molar-refractivity contribution is -0.149. The molecular formula is C23H26ClF3N4O5. The number of ether oxygens (including phenoxy) is 1. The summed E-state index contributed by atoms with van der Waals surface area (Å²) >= 11 is 5.33. The Kier molecular flexibility index (Phi) is 7.91. The highest BCUT2D eigenvalue weighted by atomic mass is 35.5. The van der Waals surface area contributed by atoms with Crippen molar-refractivity contribution in [3.8, 4) is 5.75 Å². The van der Waals surface area contributed by atoms with Gasteiger partial charge in [-0.1, -0.05) is 18.0 Å². The van der Waals surface area contributed by atoms with Gasteiger partial charge in [0.05, 0.1) is 12.5 Å². The summed E-state index contributed by atoms with van der Waals surface area (Å²) in [5.74, 6) is -5.54. The molecule has 0 radical (unpaired) electrons. The van der Waals surface area contributed by atoms with E-state index in [1.807, 2.05) is 0 Å². The summed E-state index contributed by atoms with van der Waals surface area (Å²) in [4.78, 5) is 52.0. The van der Waals surface area contributed by atoms with Gasteiger partial charge in [-0.2, -0.15) is 0 Å². The van der Waals surface area contributed by atoms with Crippen molar-refractivity contribution in [1.29, 1.82) is 0 Å². The van der Waals surface area contributed by atoms with Gasteiger partial charge in [0.2, 0.25) is 5.91 Å². The number of likely N-dealkylation sites (tertiary alicyclic amines) is 1. The average molecular weight is 531 g/mol. The van der Waals surface area contributed by atoms with E-state index >= 15 is 0 Å². The van der Waals surface area contributed by atoms with Crippen LogP contribution in [0.2, 0.25) is 0 Å². The van der Waals surface area contributed by atoms with Crippen LogP contribution in [0.1, 0.15) is 25.7 Å². The molecule has 3 aliphatic rings. The van der Waals surface area contributed by atoms with Gasteiger partial charge in [0.1, 0.15) is 23.4 Å². The quantitative estimate of drug-likeness (QED) is 0.410. The van der Waals surface area contributed by atoms with E-state index in [1.165, 1.54) is 4.90 Å². The van der Waals surface area contributed by atoms with Gasteiger partial charge in [-0.3, -0.25) is 24.6 Å². The molecule has 196 valence electrons. The molecule has 2 N–H and O–H groups in total. The molecule has 36 heavy (non-hydrogen) atoms. The first-order valence-electron chi connectivity index (χ1n) is 11.7. The molecule has 9 nitrogen and oxygen atoms in total. The highest BCUT2D eigenvalue weighted by Crippen LogP contribution is 2.42. The number of halogens is 4. The molecule has 1 aromatic carbocycles. The van der Waals surface area contributed by atoms with Crippen LogP contribution in [-0.2, 0) is 19.2 Å². The van der Waals surface area contributed by atoms with Crippen molar-refractivity contribution in [3.05, 3.63) is 29.8 Å². The van der Waals surface area contributed by atoms with E-state index in [-0.39, 0.29) is 36.6 Å². The van der Waals surface area contributed by atoms with Crippen molar-refractivity contribution in [3.63, 3.8) is 0 Å². The highest BCUT2D eigenvalue weighted by Gasteiger charge is 2.50. The summed E-state index contributed by atoms with van der Waals surface area (Å²) in [6.45, 7) is -0.177. The van der Waals surface area contributed by atoms with E-state index in [4.69, 9.17) is 16.3 Å². The third-order valence-electron chi connectivity index (χ3n) is 6.94. The normalized spacial score (nSPS) is 25.8. The lowest BCUT2D eigenvalue weighted by atomic mass is 9.93. The molecule has 0 unspecified atom stereocenters. The number of nitrogens with zero attached hydrogens (tertiary/aromatic N) is 2. The fourth-order valence-electron chi connectivity index (χ4n) is 5.29. The highest BCUT2D eigenvalue weighted by molar-refractivity contribution is 6.29. The second-order valence-electron chi connectivity index (χ2n) is 9.24. The van der Waals surface area contributed by atoms with Crippen LogP contribution in [0, 0.1) is 29.4 Å². The molecule has 0 aromatic heterocycles. The molecule has 0 spiro atoms. The maximum Gasteiger partial charge on any atom is 0.291 e. The Balaban J connectivity index is 1.47. The largest absolute Gasteiger partial charge is 0.484 e. The smallest absolute Gasteiger partial charge is 0.291 e. The maximum atomic E-state index is 13.7. The first-order chi connectivity index (χ1) is 17.1. The lowest BCUT2D eigenvalue weighted by Gasteiger charge is -2.31. The van der Waals surface area contributed by atoms with Crippen LogP contribution in [0.3, 0.4) is 0 Å². The van der Waals surface area contributed by atoms with Crippen molar-refractivity contribution in [1.82, 2.24) is 20.7 Å². The number of amides is 4. The summed E-state index contributed by atoms with van der Waals surface area (Å²) in [5, 5.41) is 3.31. The van der Waals surface area contributed by atoms with Gasteiger partial charge >= 0.3 is 0 Å². The lowest BCUT2D eigenvalue weighted by Crippen LogP contribution is -2.57. The Hall–Kier alpha value is -3.02. The van der Waals surface area contributed by atoms with Gasteiger partial charge < -0.3 is 15.0 Å². The molecular weight excluding hydrogens is 505 g/mol. The number of hydrogen-bond acceptors (Lipinski definition) is 5. The molecule has 4 amide bonds. The molecule has 2 heterocycles. The van der Waals surface area contributed by atoms with Crippen LogP contribution in [0.4, 0.5) is 13.2 Å². The first kappa shape index (κ1) is 26.1. The zero-order valence-electron chi connectivity index (χ0n) is 19.2. The number of fused-ring (bicyclic) bond motifs is 1. The van der Waals surface area contributed by atoms with Crippen molar-refractivity contribution in [2.75, 3.05) is 26.2 Å². The first-order valence-corrected chi connectivity index (χ1v) is 12.1. The van der Waals surface area contributed by atoms with E-state index in [1.54, 1.807) is 0 Å². The zero-order chi connectivity index (χ0) is 26.0. The topological polar surface area (TPSA) is 108 Å². The number of rotatable bonds is 7. The minimum Gasteiger partial charge on any atom is -0.484 e. The molecule has 0 bridgehead atoms. The summed E-state index contributed by atoms with van der Waals surface area (Å²) < 4.78 is 45.8. The summed E-state index contributed by atoms with van der Waals surface area (Å²) in [5.41, 5.74) is -0.0546. The third kappa shape index (κ3) is 5.69. The Labute approximate surface area is 210 Å². The molecule has 13 heteroatoms. The number of carbonyl (C=O) groups excluding carboxylic acids is 4. The van der Waals surface area contributed by atoms with Crippen LogP contribution in [0.25, 0.3) is 0 Å². The number of nitrogens with one attached hydrogen (secondary N) is 2. The minimum atomic E-state index is -2.43. The predicted octanol–water partition coefficient (Wildman–Crippen LogP) is 1.50. The average Bonchev–Trinajstić information content (AvgIpc) is 3.52. The predicted molar refractivity (Wildman–Crippen MR) is 120 cm³/mol. The molecule has 1 saturated carbocycles. The number of benzene rings is 1. The van der Waals surface area contributed by atoms with E-state index in [9.17, 15) is 32.3 Å². The number of hydrazine groups is 1. The van der Waals surface area contributed by atoms with Crippen LogP contribution in [0.15, 0.2) is 18.2 Å². The summed E-state index contributed by atoms with van der Waals surface area (Å²) in [7, 11) is 0. The molecule has 1 aromatic rings. The van der Waals surface area contributed by atoms with Crippen LogP contribution in [-0.4, -0.2) is 71.5 Å². The molecule has 2 saturated heterocycles. The number of hydrogen-bond donors (Lipinski definition) is 2. The van der Waals surface area contributed by atoms with E-state index in [2.05, 4.69) is 10.7 Å². The zero-order valence-corrected chi connectivity index (χ0v) is 20.0. The SMILES string of the molecule is O=C1NCC[C@H]1CN(NC(=O)[C@H]1[C@@H]2CCC[C@@H]2CN1C(=O)COc1cc(F)cc(F)c1)C(=O)[C@H](F)Cl. The summed E-state index contributed by atoms with van der Waals surface area (Å²) in [6.07, 6.45) is 2.73. The van der Waals surface area contributed by atoms with Crippen molar-refractivity contribution in [2.24, 2.45) is 17.8 Å². The number of alkyl halides is 2. The maximum absolute atomic E-state index is 13.7. The van der Waals surface area contributed by atoms with E-state index in [0.717, 1.165) is 25.0 Å². The van der Waals surface area contributed by atoms with Gasteiger partial charge in [0.25, 0.3) is 23.4 Å². The van der Waals surface area contributed by atoms with Gasteiger partial charge in [0, 0.05) is 31.3 Å². The van der Waals surface area contributed by atoms with Gasteiger partial charge in [0.15, 0.2) is 6.61 Å².